The molecule has 0 aliphatic carbocycles. The molecule has 0 radical (unpaired) electrons. The summed E-state index contributed by atoms with van der Waals surface area (Å²) in [5.74, 6) is 1.51. The number of halogens is 1. The van der Waals surface area contributed by atoms with Gasteiger partial charge >= 0.3 is 0 Å². The number of hydrogen-bond donors (Lipinski definition) is 1. The molecule has 2 heterocycles. The van der Waals surface area contributed by atoms with Gasteiger partial charge in [-0.25, -0.2) is 4.98 Å². The fourth-order valence-electron chi connectivity index (χ4n) is 2.31. The van der Waals surface area contributed by atoms with Crippen molar-refractivity contribution in [1.82, 2.24) is 9.97 Å². The van der Waals surface area contributed by atoms with Crippen LogP contribution in [0.3, 0.4) is 0 Å². The Morgan fingerprint density at radius 3 is 2.65 bits per heavy atom. The highest BCUT2D eigenvalue weighted by Crippen LogP contribution is 2.29. The van der Waals surface area contributed by atoms with E-state index in [1.54, 1.807) is 24.9 Å². The van der Waals surface area contributed by atoms with Crippen LogP contribution in [-0.2, 0) is 5.75 Å². The lowest BCUT2D eigenvalue weighted by Gasteiger charge is -2.10. The van der Waals surface area contributed by atoms with Gasteiger partial charge in [0.15, 0.2) is 0 Å². The van der Waals surface area contributed by atoms with Gasteiger partial charge in [0.2, 0.25) is 0 Å². The zero-order valence-electron chi connectivity index (χ0n) is 14.3. The lowest BCUT2D eigenvalue weighted by atomic mass is 10.1. The first kappa shape index (κ1) is 18.7. The van der Waals surface area contributed by atoms with E-state index < -0.39 is 6.10 Å². The van der Waals surface area contributed by atoms with Gasteiger partial charge in [0, 0.05) is 18.1 Å². The maximum atomic E-state index is 9.29. The largest absolute Gasteiger partial charge is 0.491 e. The van der Waals surface area contributed by atoms with Crippen molar-refractivity contribution in [2.75, 3.05) is 6.61 Å². The Kier molecular flexibility index (Phi) is 6.50. The number of aromatic nitrogens is 2. The third-order valence-electron chi connectivity index (χ3n) is 3.56. The molecule has 0 saturated carbocycles. The average Bonchev–Trinajstić information content (AvgIpc) is 2.65. The minimum Gasteiger partial charge on any atom is -0.491 e. The Morgan fingerprint density at radius 2 is 1.96 bits per heavy atom. The molecular weight excluding hydrogens is 368 g/mol. The first-order chi connectivity index (χ1) is 12.6. The summed E-state index contributed by atoms with van der Waals surface area (Å²) in [5.41, 5.74) is 3.17. The molecule has 0 aliphatic rings. The number of aliphatic hydroxyl groups excluding tert-OH is 1. The summed E-state index contributed by atoms with van der Waals surface area (Å²) in [7, 11) is 0. The first-order valence-electron chi connectivity index (χ1n) is 8.21. The second kappa shape index (κ2) is 9.03. The highest BCUT2D eigenvalue weighted by Gasteiger charge is 2.06. The zero-order chi connectivity index (χ0) is 18.4. The van der Waals surface area contributed by atoms with Crippen LogP contribution in [0.25, 0.3) is 11.1 Å². The Morgan fingerprint density at radius 1 is 1.15 bits per heavy atom. The summed E-state index contributed by atoms with van der Waals surface area (Å²) in [6.45, 7) is 1.97. The molecule has 0 aliphatic heterocycles. The molecule has 0 saturated heterocycles. The van der Waals surface area contributed by atoms with E-state index in [0.717, 1.165) is 33.2 Å². The molecule has 1 atom stereocenters. The monoisotopic (exact) mass is 386 g/mol. The van der Waals surface area contributed by atoms with E-state index >= 15 is 0 Å². The normalized spacial score (nSPS) is 12.0. The number of nitrogens with zero attached hydrogens (tertiary/aromatic N) is 2. The summed E-state index contributed by atoms with van der Waals surface area (Å²) in [6, 6.07) is 15.5. The molecule has 4 nitrogen and oxygen atoms in total. The zero-order valence-corrected chi connectivity index (χ0v) is 15.9. The van der Waals surface area contributed by atoms with Gasteiger partial charge in [-0.3, -0.25) is 4.98 Å². The van der Waals surface area contributed by atoms with Gasteiger partial charge in [0.05, 0.1) is 11.1 Å². The van der Waals surface area contributed by atoms with Gasteiger partial charge in [-0.15, -0.1) is 11.8 Å². The lowest BCUT2D eigenvalue weighted by Crippen LogP contribution is -2.12. The molecule has 3 rings (SSSR count). The van der Waals surface area contributed by atoms with Crippen LogP contribution in [0.15, 0.2) is 66.0 Å². The minimum absolute atomic E-state index is 0.273. The van der Waals surface area contributed by atoms with Crippen LogP contribution in [0.1, 0.15) is 12.5 Å². The van der Waals surface area contributed by atoms with Crippen molar-refractivity contribution >= 4 is 23.4 Å². The van der Waals surface area contributed by atoms with Crippen LogP contribution in [0.5, 0.6) is 5.75 Å². The first-order valence-corrected chi connectivity index (χ1v) is 9.57. The van der Waals surface area contributed by atoms with E-state index in [0.29, 0.717) is 5.15 Å². The molecule has 0 spiro atoms. The molecule has 1 unspecified atom stereocenters. The molecule has 26 heavy (non-hydrogen) atoms. The third kappa shape index (κ3) is 5.46. The molecule has 0 amide bonds. The van der Waals surface area contributed by atoms with Gasteiger partial charge in [-0.1, -0.05) is 29.8 Å². The average molecular weight is 387 g/mol. The molecule has 0 bridgehead atoms. The fraction of sp³-hybridized carbons (Fsp3) is 0.200. The highest BCUT2D eigenvalue weighted by atomic mass is 35.5. The van der Waals surface area contributed by atoms with Crippen LogP contribution in [0.4, 0.5) is 0 Å². The second-order valence-corrected chi connectivity index (χ2v) is 7.23. The SMILES string of the molecule is CC(O)COc1ccc(-c2cc(Cl)nc(SCc3cccnc3)c2)cc1. The van der Waals surface area contributed by atoms with Gasteiger partial charge in [0.1, 0.15) is 17.5 Å². The summed E-state index contributed by atoms with van der Waals surface area (Å²) in [5, 5.41) is 10.6. The van der Waals surface area contributed by atoms with E-state index in [-0.39, 0.29) is 6.61 Å². The molecule has 3 aromatic rings. The van der Waals surface area contributed by atoms with Crippen molar-refractivity contribution in [3.05, 3.63) is 71.6 Å². The summed E-state index contributed by atoms with van der Waals surface area (Å²) in [6.07, 6.45) is 3.12. The maximum Gasteiger partial charge on any atom is 0.130 e. The van der Waals surface area contributed by atoms with Crippen molar-refractivity contribution < 1.29 is 9.84 Å². The molecule has 6 heteroatoms. The number of ether oxygens (including phenoxy) is 1. The van der Waals surface area contributed by atoms with E-state index in [1.807, 2.05) is 54.7 Å². The topological polar surface area (TPSA) is 55.2 Å². The number of rotatable bonds is 7. The number of benzene rings is 1. The minimum atomic E-state index is -0.493. The Balaban J connectivity index is 1.72. The number of pyridine rings is 2. The number of aliphatic hydroxyl groups is 1. The summed E-state index contributed by atoms with van der Waals surface area (Å²) < 4.78 is 5.49. The quantitative estimate of drug-likeness (QED) is 0.464. The molecule has 1 aromatic carbocycles. The summed E-state index contributed by atoms with van der Waals surface area (Å²) in [4.78, 5) is 8.52. The van der Waals surface area contributed by atoms with Crippen molar-refractivity contribution in [2.45, 2.75) is 23.8 Å². The number of hydrogen-bond acceptors (Lipinski definition) is 5. The van der Waals surface area contributed by atoms with Crippen LogP contribution in [-0.4, -0.2) is 27.8 Å². The van der Waals surface area contributed by atoms with Crippen molar-refractivity contribution in [1.29, 1.82) is 0 Å². The van der Waals surface area contributed by atoms with Gasteiger partial charge < -0.3 is 9.84 Å². The van der Waals surface area contributed by atoms with E-state index in [2.05, 4.69) is 9.97 Å². The van der Waals surface area contributed by atoms with Gasteiger partial charge in [-0.2, -0.15) is 0 Å². The van der Waals surface area contributed by atoms with Crippen LogP contribution in [0, 0.1) is 0 Å². The molecule has 0 fully saturated rings. The van der Waals surface area contributed by atoms with Crippen LogP contribution >= 0.6 is 23.4 Å². The van der Waals surface area contributed by atoms with Crippen LogP contribution < -0.4 is 4.74 Å². The molecule has 2 aromatic heterocycles. The van der Waals surface area contributed by atoms with Gasteiger partial charge in [0.25, 0.3) is 0 Å². The Hall–Kier alpha value is -2.08. The van der Waals surface area contributed by atoms with Gasteiger partial charge in [-0.05, 0) is 53.9 Å². The predicted molar refractivity (Wildman–Crippen MR) is 106 cm³/mol. The van der Waals surface area contributed by atoms with E-state index in [9.17, 15) is 5.11 Å². The van der Waals surface area contributed by atoms with Crippen molar-refractivity contribution in [3.63, 3.8) is 0 Å². The maximum absolute atomic E-state index is 9.29. The Bertz CT molecular complexity index is 842. The Labute approximate surface area is 162 Å². The lowest BCUT2D eigenvalue weighted by molar-refractivity contribution is 0.123. The van der Waals surface area contributed by atoms with E-state index in [4.69, 9.17) is 16.3 Å². The fourth-order valence-corrected chi connectivity index (χ4v) is 3.43. The predicted octanol–water partition coefficient (Wildman–Crippen LogP) is 4.85. The third-order valence-corrected chi connectivity index (χ3v) is 4.74. The van der Waals surface area contributed by atoms with Crippen LogP contribution in [0.2, 0.25) is 5.15 Å². The number of thioether (sulfide) groups is 1. The highest BCUT2D eigenvalue weighted by molar-refractivity contribution is 7.98. The van der Waals surface area contributed by atoms with E-state index in [1.165, 1.54) is 0 Å². The smallest absolute Gasteiger partial charge is 0.130 e. The summed E-state index contributed by atoms with van der Waals surface area (Å²) >= 11 is 7.83. The standard InChI is InChI=1S/C20H19ClN2O2S/c1-14(24)12-25-18-6-4-16(5-7-18)17-9-19(21)23-20(10-17)26-13-15-3-2-8-22-11-15/h2-11,14,24H,12-13H2,1H3. The second-order valence-electron chi connectivity index (χ2n) is 5.85. The molecule has 134 valence electrons. The molecule has 1 N–H and O–H groups in total. The van der Waals surface area contributed by atoms with Crippen molar-refractivity contribution in [3.8, 4) is 16.9 Å². The molecular formula is C20H19ClN2O2S. The van der Waals surface area contributed by atoms with Crippen molar-refractivity contribution in [2.24, 2.45) is 0 Å².